The highest BCUT2D eigenvalue weighted by Crippen LogP contribution is 2.08. The zero-order valence-corrected chi connectivity index (χ0v) is 16.9. The van der Waals surface area contributed by atoms with Crippen LogP contribution < -0.4 is 0 Å². The average Bonchev–Trinajstić information content (AvgIpc) is 2.73. The molecule has 0 N–H and O–H groups in total. The number of hydrogen-bond acceptors (Lipinski definition) is 3. The van der Waals surface area contributed by atoms with Crippen LogP contribution in [0.4, 0.5) is 0 Å². The van der Waals surface area contributed by atoms with Gasteiger partial charge in [0.1, 0.15) is 0 Å². The molecule has 3 nitrogen and oxygen atoms in total. The van der Waals surface area contributed by atoms with E-state index in [1.165, 1.54) is 56.2 Å². The molecule has 0 saturated heterocycles. The number of nitriles is 1. The van der Waals surface area contributed by atoms with Gasteiger partial charge in [-0.05, 0) is 12.0 Å². The second kappa shape index (κ2) is 23.4. The van der Waals surface area contributed by atoms with Crippen LogP contribution >= 0.6 is 0 Å². The SMILES string of the molecule is C=CC#N.C=CC(=O)OCCCCCCCCCC.C=Cc1ccccc1. The van der Waals surface area contributed by atoms with Crippen molar-refractivity contribution >= 4 is 12.0 Å². The van der Waals surface area contributed by atoms with Gasteiger partial charge in [0.15, 0.2) is 0 Å². The maximum atomic E-state index is 10.7. The number of rotatable bonds is 11. The predicted octanol–water partition coefficient (Wildman–Crippen LogP) is 6.88. The number of carbonyl (C=O) groups is 1. The van der Waals surface area contributed by atoms with Crippen LogP contribution in [0.5, 0.6) is 0 Å². The Labute approximate surface area is 166 Å². The molecule has 0 spiro atoms. The van der Waals surface area contributed by atoms with Gasteiger partial charge in [0, 0.05) is 12.2 Å². The number of allylic oxidation sites excluding steroid dienone is 1. The minimum Gasteiger partial charge on any atom is -0.463 e. The topological polar surface area (TPSA) is 50.1 Å². The van der Waals surface area contributed by atoms with Gasteiger partial charge in [-0.1, -0.05) is 108 Å². The number of esters is 1. The minimum absolute atomic E-state index is 0.307. The zero-order chi connectivity index (χ0) is 20.6. The van der Waals surface area contributed by atoms with Crippen LogP contribution in [0.1, 0.15) is 63.9 Å². The molecule has 3 heteroatoms. The summed E-state index contributed by atoms with van der Waals surface area (Å²) in [5, 5.41) is 7.51. The summed E-state index contributed by atoms with van der Waals surface area (Å²) in [7, 11) is 0. The van der Waals surface area contributed by atoms with E-state index in [2.05, 4.69) is 26.7 Å². The fraction of sp³-hybridized carbons (Fsp3) is 0.417. The van der Waals surface area contributed by atoms with Crippen LogP contribution in [0.15, 0.2) is 62.2 Å². The summed E-state index contributed by atoms with van der Waals surface area (Å²) in [6, 6.07) is 11.7. The van der Waals surface area contributed by atoms with Crippen LogP contribution in [0, 0.1) is 11.3 Å². The summed E-state index contributed by atoms with van der Waals surface area (Å²) < 4.78 is 4.88. The molecule has 0 aromatic heterocycles. The lowest BCUT2D eigenvalue weighted by Gasteiger charge is -2.02. The van der Waals surface area contributed by atoms with Gasteiger partial charge in [0.05, 0.1) is 12.7 Å². The first-order valence-corrected chi connectivity index (χ1v) is 9.63. The molecule has 0 aliphatic heterocycles. The Morgan fingerprint density at radius 2 is 1.52 bits per heavy atom. The van der Waals surface area contributed by atoms with Crippen molar-refractivity contribution in [2.24, 2.45) is 0 Å². The molecule has 0 saturated carbocycles. The lowest BCUT2D eigenvalue weighted by molar-refractivity contribution is -0.137. The molecular formula is C24H35NO2. The number of benzene rings is 1. The van der Waals surface area contributed by atoms with E-state index in [0.717, 1.165) is 12.8 Å². The Morgan fingerprint density at radius 1 is 1.00 bits per heavy atom. The highest BCUT2D eigenvalue weighted by Gasteiger charge is 1.95. The second-order valence-corrected chi connectivity index (χ2v) is 5.79. The maximum absolute atomic E-state index is 10.7. The molecule has 0 unspecified atom stereocenters. The average molecular weight is 370 g/mol. The number of unbranched alkanes of at least 4 members (excludes halogenated alkanes) is 7. The van der Waals surface area contributed by atoms with Gasteiger partial charge in [0.25, 0.3) is 0 Å². The fourth-order valence-electron chi connectivity index (χ4n) is 2.06. The van der Waals surface area contributed by atoms with Crippen molar-refractivity contribution in [1.29, 1.82) is 5.26 Å². The number of carbonyl (C=O) groups excluding carboxylic acids is 1. The lowest BCUT2D eigenvalue weighted by atomic mass is 10.1. The van der Waals surface area contributed by atoms with Crippen LogP contribution in [0.25, 0.3) is 6.08 Å². The van der Waals surface area contributed by atoms with E-state index in [0.29, 0.717) is 6.61 Å². The molecule has 0 aliphatic rings. The van der Waals surface area contributed by atoms with E-state index in [1.807, 2.05) is 36.4 Å². The van der Waals surface area contributed by atoms with Crippen LogP contribution in [0.3, 0.4) is 0 Å². The molecule has 0 amide bonds. The van der Waals surface area contributed by atoms with Gasteiger partial charge in [-0.3, -0.25) is 0 Å². The van der Waals surface area contributed by atoms with E-state index in [9.17, 15) is 4.79 Å². The van der Waals surface area contributed by atoms with Crippen molar-refractivity contribution in [1.82, 2.24) is 0 Å². The Morgan fingerprint density at radius 3 is 1.93 bits per heavy atom. The zero-order valence-electron chi connectivity index (χ0n) is 16.9. The number of ether oxygens (including phenoxy) is 1. The van der Waals surface area contributed by atoms with Gasteiger partial charge in [-0.15, -0.1) is 0 Å². The largest absolute Gasteiger partial charge is 0.463 e. The van der Waals surface area contributed by atoms with Gasteiger partial charge >= 0.3 is 5.97 Å². The van der Waals surface area contributed by atoms with Crippen LogP contribution in [-0.4, -0.2) is 12.6 Å². The number of nitrogens with zero attached hydrogens (tertiary/aromatic N) is 1. The molecule has 1 aromatic carbocycles. The molecule has 27 heavy (non-hydrogen) atoms. The first-order valence-electron chi connectivity index (χ1n) is 9.63. The first-order chi connectivity index (χ1) is 13.2. The molecule has 0 atom stereocenters. The molecule has 0 bridgehead atoms. The summed E-state index contributed by atoms with van der Waals surface area (Å²) in [6.45, 7) is 12.9. The molecule has 148 valence electrons. The molecule has 0 radical (unpaired) electrons. The Hall–Kier alpha value is -2.60. The van der Waals surface area contributed by atoms with Gasteiger partial charge in [-0.25, -0.2) is 4.79 Å². The van der Waals surface area contributed by atoms with Crippen LogP contribution in [0.2, 0.25) is 0 Å². The maximum Gasteiger partial charge on any atom is 0.330 e. The van der Waals surface area contributed by atoms with E-state index < -0.39 is 0 Å². The van der Waals surface area contributed by atoms with Crippen molar-refractivity contribution in [2.75, 3.05) is 6.61 Å². The summed E-state index contributed by atoms with van der Waals surface area (Å²) in [4.78, 5) is 10.7. The van der Waals surface area contributed by atoms with E-state index in [-0.39, 0.29) is 5.97 Å². The molecule has 1 aromatic rings. The Bertz CT molecular complexity index is 529. The molecule has 0 aliphatic carbocycles. The molecule has 0 fully saturated rings. The predicted molar refractivity (Wildman–Crippen MR) is 116 cm³/mol. The third-order valence-electron chi connectivity index (χ3n) is 3.54. The van der Waals surface area contributed by atoms with E-state index >= 15 is 0 Å². The molecular weight excluding hydrogens is 334 g/mol. The Kier molecular flexibility index (Phi) is 23.1. The van der Waals surface area contributed by atoms with Crippen molar-refractivity contribution in [3.8, 4) is 6.07 Å². The Balaban J connectivity index is 0. The smallest absolute Gasteiger partial charge is 0.330 e. The highest BCUT2D eigenvalue weighted by molar-refractivity contribution is 5.81. The minimum atomic E-state index is -0.307. The van der Waals surface area contributed by atoms with E-state index in [1.54, 1.807) is 6.07 Å². The van der Waals surface area contributed by atoms with Crippen LogP contribution in [-0.2, 0) is 9.53 Å². The third kappa shape index (κ3) is 23.4. The standard InChI is InChI=1S/C13H24O2.C8H8.C3H3N/c1-3-5-6-7-8-9-10-11-12-15-13(14)4-2;1-2-8-6-4-3-5-7-8;1-2-3-4/h4H,2-3,5-12H2,1H3;2-7H,1H2;2H,1H2. The normalized spacial score (nSPS) is 8.59. The summed E-state index contributed by atoms with van der Waals surface area (Å²) >= 11 is 0. The lowest BCUT2D eigenvalue weighted by Crippen LogP contribution is -2.01. The van der Waals surface area contributed by atoms with Gasteiger partial charge < -0.3 is 4.74 Å². The molecule has 0 heterocycles. The van der Waals surface area contributed by atoms with Crippen molar-refractivity contribution in [3.63, 3.8) is 0 Å². The second-order valence-electron chi connectivity index (χ2n) is 5.79. The van der Waals surface area contributed by atoms with E-state index in [4.69, 9.17) is 10.00 Å². The van der Waals surface area contributed by atoms with Gasteiger partial charge in [0.2, 0.25) is 0 Å². The number of hydrogen-bond donors (Lipinski definition) is 0. The van der Waals surface area contributed by atoms with Crippen molar-refractivity contribution in [3.05, 3.63) is 67.8 Å². The summed E-state index contributed by atoms with van der Waals surface area (Å²) in [5.74, 6) is -0.307. The summed E-state index contributed by atoms with van der Waals surface area (Å²) in [5.41, 5.74) is 1.17. The molecule has 1 rings (SSSR count). The van der Waals surface area contributed by atoms with Gasteiger partial charge in [-0.2, -0.15) is 5.26 Å². The monoisotopic (exact) mass is 369 g/mol. The van der Waals surface area contributed by atoms with Crippen molar-refractivity contribution < 1.29 is 9.53 Å². The summed E-state index contributed by atoms with van der Waals surface area (Å²) in [6.07, 6.45) is 14.3. The third-order valence-corrected chi connectivity index (χ3v) is 3.54. The van der Waals surface area contributed by atoms with Crippen molar-refractivity contribution in [2.45, 2.75) is 58.3 Å². The fourth-order valence-corrected chi connectivity index (χ4v) is 2.06. The quantitative estimate of drug-likeness (QED) is 0.185. The highest BCUT2D eigenvalue weighted by atomic mass is 16.5. The first kappa shape index (κ1) is 26.6.